The second-order valence-electron chi connectivity index (χ2n) is 5.20. The van der Waals surface area contributed by atoms with Crippen molar-refractivity contribution in [1.82, 2.24) is 0 Å². The summed E-state index contributed by atoms with van der Waals surface area (Å²) in [5.41, 5.74) is 2.16. The monoisotopic (exact) mass is 252 g/mol. The van der Waals surface area contributed by atoms with Gasteiger partial charge in [-0.1, -0.05) is 43.4 Å². The van der Waals surface area contributed by atoms with Gasteiger partial charge in [0.2, 0.25) is 0 Å². The number of benzene rings is 1. The standard InChI is InChI=1S/C15H21ClO/c1-11-8-9-13(16)10-14(11)15(17)12-6-4-2-3-5-7-12/h8-10,12,15,17H,2-7H2,1H3. The van der Waals surface area contributed by atoms with E-state index in [9.17, 15) is 5.11 Å². The fourth-order valence-electron chi connectivity index (χ4n) is 2.81. The van der Waals surface area contributed by atoms with Gasteiger partial charge in [-0.3, -0.25) is 0 Å². The molecular weight excluding hydrogens is 232 g/mol. The van der Waals surface area contributed by atoms with Gasteiger partial charge < -0.3 is 5.11 Å². The third kappa shape index (κ3) is 3.23. The van der Waals surface area contributed by atoms with Crippen LogP contribution in [-0.2, 0) is 0 Å². The number of halogens is 1. The van der Waals surface area contributed by atoms with Crippen molar-refractivity contribution in [3.8, 4) is 0 Å². The molecular formula is C15H21ClO. The third-order valence-corrected chi connectivity index (χ3v) is 4.14. The lowest BCUT2D eigenvalue weighted by atomic mass is 9.88. The van der Waals surface area contributed by atoms with Gasteiger partial charge in [0.1, 0.15) is 0 Å². The molecule has 1 saturated carbocycles. The fourth-order valence-corrected chi connectivity index (χ4v) is 2.99. The van der Waals surface area contributed by atoms with E-state index in [1.807, 2.05) is 25.1 Å². The largest absolute Gasteiger partial charge is 0.388 e. The van der Waals surface area contributed by atoms with Crippen LogP contribution in [0.15, 0.2) is 18.2 Å². The van der Waals surface area contributed by atoms with E-state index in [-0.39, 0.29) is 6.10 Å². The van der Waals surface area contributed by atoms with Crippen molar-refractivity contribution in [2.24, 2.45) is 5.92 Å². The van der Waals surface area contributed by atoms with Crippen LogP contribution in [0.3, 0.4) is 0 Å². The molecule has 0 aromatic heterocycles. The third-order valence-electron chi connectivity index (χ3n) is 3.91. The Labute approximate surface area is 109 Å². The Kier molecular flexibility index (Phi) is 4.47. The van der Waals surface area contributed by atoms with E-state index < -0.39 is 0 Å². The van der Waals surface area contributed by atoms with Crippen LogP contribution in [0.1, 0.15) is 55.8 Å². The predicted molar refractivity (Wildman–Crippen MR) is 72.3 cm³/mol. The van der Waals surface area contributed by atoms with E-state index in [0.29, 0.717) is 5.92 Å². The predicted octanol–water partition coefficient (Wildman–Crippen LogP) is 4.65. The van der Waals surface area contributed by atoms with Crippen LogP contribution >= 0.6 is 11.6 Å². The summed E-state index contributed by atoms with van der Waals surface area (Å²) in [4.78, 5) is 0. The molecule has 1 fully saturated rings. The SMILES string of the molecule is Cc1ccc(Cl)cc1C(O)C1CCCCCC1. The van der Waals surface area contributed by atoms with Gasteiger partial charge in [0.25, 0.3) is 0 Å². The maximum absolute atomic E-state index is 10.5. The number of hydrogen-bond donors (Lipinski definition) is 1. The summed E-state index contributed by atoms with van der Waals surface area (Å²) in [6, 6.07) is 5.81. The molecule has 1 aliphatic carbocycles. The Morgan fingerprint density at radius 3 is 2.47 bits per heavy atom. The highest BCUT2D eigenvalue weighted by atomic mass is 35.5. The highest BCUT2D eigenvalue weighted by Gasteiger charge is 2.23. The van der Waals surface area contributed by atoms with Crippen LogP contribution in [0.5, 0.6) is 0 Å². The zero-order valence-electron chi connectivity index (χ0n) is 10.5. The minimum Gasteiger partial charge on any atom is -0.388 e. The summed E-state index contributed by atoms with van der Waals surface area (Å²) in [5, 5.41) is 11.2. The van der Waals surface area contributed by atoms with Crippen LogP contribution in [0.25, 0.3) is 0 Å². The molecule has 2 rings (SSSR count). The molecule has 1 N–H and O–H groups in total. The lowest BCUT2D eigenvalue weighted by molar-refractivity contribution is 0.0982. The number of hydrogen-bond acceptors (Lipinski definition) is 1. The van der Waals surface area contributed by atoms with Gasteiger partial charge in [-0.25, -0.2) is 0 Å². The normalized spacial score (nSPS) is 19.9. The van der Waals surface area contributed by atoms with Crippen molar-refractivity contribution in [3.63, 3.8) is 0 Å². The maximum Gasteiger partial charge on any atom is 0.0821 e. The van der Waals surface area contributed by atoms with Crippen molar-refractivity contribution in [3.05, 3.63) is 34.3 Å². The molecule has 0 aliphatic heterocycles. The fraction of sp³-hybridized carbons (Fsp3) is 0.600. The first-order valence-electron chi connectivity index (χ1n) is 6.62. The van der Waals surface area contributed by atoms with Gasteiger partial charge in [0, 0.05) is 5.02 Å². The number of rotatable bonds is 2. The highest BCUT2D eigenvalue weighted by molar-refractivity contribution is 6.30. The van der Waals surface area contributed by atoms with Crippen molar-refractivity contribution in [1.29, 1.82) is 0 Å². The molecule has 1 atom stereocenters. The Bertz CT molecular complexity index is 367. The highest BCUT2D eigenvalue weighted by Crippen LogP contribution is 2.35. The van der Waals surface area contributed by atoms with Crippen LogP contribution < -0.4 is 0 Å². The lowest BCUT2D eigenvalue weighted by Gasteiger charge is -2.23. The summed E-state index contributed by atoms with van der Waals surface area (Å²) in [6.07, 6.45) is 7.09. The quantitative estimate of drug-likeness (QED) is 0.760. The lowest BCUT2D eigenvalue weighted by Crippen LogP contribution is -2.13. The molecule has 0 radical (unpaired) electrons. The van der Waals surface area contributed by atoms with Crippen molar-refractivity contribution in [2.45, 2.75) is 51.6 Å². The minimum absolute atomic E-state index is 0.341. The van der Waals surface area contributed by atoms with Gasteiger partial charge in [-0.15, -0.1) is 0 Å². The molecule has 1 aromatic carbocycles. The van der Waals surface area contributed by atoms with E-state index >= 15 is 0 Å². The second-order valence-corrected chi connectivity index (χ2v) is 5.63. The van der Waals surface area contributed by atoms with Gasteiger partial charge in [0.15, 0.2) is 0 Å². The molecule has 1 aromatic rings. The zero-order valence-corrected chi connectivity index (χ0v) is 11.2. The van der Waals surface area contributed by atoms with Crippen LogP contribution in [-0.4, -0.2) is 5.11 Å². The van der Waals surface area contributed by atoms with Crippen molar-refractivity contribution < 1.29 is 5.11 Å². The maximum atomic E-state index is 10.5. The molecule has 0 bridgehead atoms. The van der Waals surface area contributed by atoms with Crippen molar-refractivity contribution in [2.75, 3.05) is 0 Å². The molecule has 1 unspecified atom stereocenters. The summed E-state index contributed by atoms with van der Waals surface area (Å²) >= 11 is 6.02. The van der Waals surface area contributed by atoms with Crippen molar-refractivity contribution >= 4 is 11.6 Å². The summed E-state index contributed by atoms with van der Waals surface area (Å²) in [7, 11) is 0. The summed E-state index contributed by atoms with van der Waals surface area (Å²) in [5.74, 6) is 0.412. The first-order chi connectivity index (χ1) is 8.18. The molecule has 1 aliphatic rings. The van der Waals surface area contributed by atoms with Gasteiger partial charge in [-0.2, -0.15) is 0 Å². The average Bonchev–Trinajstić information content (AvgIpc) is 2.60. The minimum atomic E-state index is -0.341. The van der Waals surface area contributed by atoms with Gasteiger partial charge >= 0.3 is 0 Å². The molecule has 2 heteroatoms. The Balaban J connectivity index is 2.16. The van der Waals surface area contributed by atoms with E-state index in [1.165, 1.54) is 25.7 Å². The molecule has 0 spiro atoms. The van der Waals surface area contributed by atoms with E-state index in [0.717, 1.165) is 29.0 Å². The first-order valence-corrected chi connectivity index (χ1v) is 7.00. The second kappa shape index (κ2) is 5.88. The topological polar surface area (TPSA) is 20.2 Å². The van der Waals surface area contributed by atoms with Crippen LogP contribution in [0.2, 0.25) is 5.02 Å². The molecule has 1 nitrogen and oxygen atoms in total. The Hall–Kier alpha value is -0.530. The van der Waals surface area contributed by atoms with E-state index in [4.69, 9.17) is 11.6 Å². The summed E-state index contributed by atoms with van der Waals surface area (Å²) in [6.45, 7) is 2.05. The van der Waals surface area contributed by atoms with Crippen LogP contribution in [0, 0.1) is 12.8 Å². The molecule has 0 saturated heterocycles. The van der Waals surface area contributed by atoms with Crippen LogP contribution in [0.4, 0.5) is 0 Å². The van der Waals surface area contributed by atoms with E-state index in [2.05, 4.69) is 0 Å². The molecule has 0 heterocycles. The van der Waals surface area contributed by atoms with E-state index in [1.54, 1.807) is 0 Å². The van der Waals surface area contributed by atoms with Gasteiger partial charge in [0.05, 0.1) is 6.10 Å². The molecule has 17 heavy (non-hydrogen) atoms. The molecule has 0 amide bonds. The number of aliphatic hydroxyl groups excluding tert-OH is 1. The number of aliphatic hydroxyl groups is 1. The number of aryl methyl sites for hydroxylation is 1. The molecule has 94 valence electrons. The Morgan fingerprint density at radius 2 is 1.82 bits per heavy atom. The smallest absolute Gasteiger partial charge is 0.0821 e. The van der Waals surface area contributed by atoms with Gasteiger partial charge in [-0.05, 0) is 48.9 Å². The zero-order chi connectivity index (χ0) is 12.3. The summed E-state index contributed by atoms with van der Waals surface area (Å²) < 4.78 is 0. The average molecular weight is 253 g/mol. The Morgan fingerprint density at radius 1 is 1.18 bits per heavy atom. The first kappa shape index (κ1) is 12.9.